The van der Waals surface area contributed by atoms with Crippen LogP contribution in [0.25, 0.3) is 0 Å². The van der Waals surface area contributed by atoms with Crippen LogP contribution in [0.5, 0.6) is 0 Å². The van der Waals surface area contributed by atoms with Gasteiger partial charge in [0.2, 0.25) is 11.8 Å². The highest BCUT2D eigenvalue weighted by atomic mass is 32.1. The fourth-order valence-corrected chi connectivity index (χ4v) is 4.07. The summed E-state index contributed by atoms with van der Waals surface area (Å²) in [4.78, 5) is 24.8. The summed E-state index contributed by atoms with van der Waals surface area (Å²) in [5, 5.41) is 11.0. The first-order valence-corrected chi connectivity index (χ1v) is 11.0. The van der Waals surface area contributed by atoms with Gasteiger partial charge in [0, 0.05) is 23.2 Å². The Morgan fingerprint density at radius 2 is 1.60 bits per heavy atom. The van der Waals surface area contributed by atoms with Crippen molar-refractivity contribution in [3.8, 4) is 0 Å². The number of rotatable bonds is 9. The van der Waals surface area contributed by atoms with Crippen LogP contribution in [0.3, 0.4) is 0 Å². The van der Waals surface area contributed by atoms with Gasteiger partial charge in [0.15, 0.2) is 0 Å². The molecule has 6 heteroatoms. The van der Waals surface area contributed by atoms with Crippen LogP contribution in [0, 0.1) is 0 Å². The molecule has 0 aliphatic carbocycles. The minimum absolute atomic E-state index is 0.0337. The molecular formula is C24H27N3O2S. The summed E-state index contributed by atoms with van der Waals surface area (Å²) in [6, 6.07) is 19.7. The van der Waals surface area contributed by atoms with Crippen molar-refractivity contribution in [3.05, 3.63) is 82.0 Å². The maximum Gasteiger partial charge on any atom is 0.238 e. The van der Waals surface area contributed by atoms with Gasteiger partial charge in [-0.3, -0.25) is 14.9 Å². The highest BCUT2D eigenvalue weighted by Gasteiger charge is 2.16. The number of carbonyl (C=O) groups is 2. The number of hydrogen-bond donors (Lipinski definition) is 3. The van der Waals surface area contributed by atoms with Crippen LogP contribution in [-0.2, 0) is 16.0 Å². The summed E-state index contributed by atoms with van der Waals surface area (Å²) in [5.74, 6) is -0.246. The van der Waals surface area contributed by atoms with Crippen LogP contribution in [-0.4, -0.2) is 18.4 Å². The number of thiophene rings is 1. The fraction of sp³-hybridized carbons (Fsp3) is 0.250. The van der Waals surface area contributed by atoms with E-state index >= 15 is 0 Å². The van der Waals surface area contributed by atoms with E-state index in [1.807, 2.05) is 11.4 Å². The quantitative estimate of drug-likeness (QED) is 0.456. The minimum atomic E-state index is -0.127. The van der Waals surface area contributed by atoms with E-state index in [2.05, 4.69) is 53.2 Å². The molecular weight excluding hydrogens is 394 g/mol. The zero-order valence-corrected chi connectivity index (χ0v) is 18.1. The van der Waals surface area contributed by atoms with E-state index in [1.165, 1.54) is 17.4 Å². The lowest BCUT2D eigenvalue weighted by atomic mass is 10.0. The Bertz CT molecular complexity index is 951. The Kier molecular flexibility index (Phi) is 7.76. The Labute approximate surface area is 181 Å². The van der Waals surface area contributed by atoms with E-state index in [1.54, 1.807) is 35.6 Å². The van der Waals surface area contributed by atoms with Gasteiger partial charge in [-0.25, -0.2) is 0 Å². The van der Waals surface area contributed by atoms with Crippen molar-refractivity contribution in [2.75, 3.05) is 17.2 Å². The second-order valence-corrected chi connectivity index (χ2v) is 8.11. The van der Waals surface area contributed by atoms with Gasteiger partial charge in [-0.15, -0.1) is 11.3 Å². The van der Waals surface area contributed by atoms with E-state index in [-0.39, 0.29) is 24.4 Å². The molecule has 0 saturated carbocycles. The monoisotopic (exact) mass is 421 g/mol. The molecule has 0 saturated heterocycles. The summed E-state index contributed by atoms with van der Waals surface area (Å²) >= 11 is 1.67. The molecule has 30 heavy (non-hydrogen) atoms. The van der Waals surface area contributed by atoms with E-state index in [9.17, 15) is 9.59 Å². The van der Waals surface area contributed by atoms with Gasteiger partial charge in [-0.1, -0.05) is 43.7 Å². The number of anilines is 2. The normalized spacial score (nSPS) is 11.7. The second kappa shape index (κ2) is 10.7. The maximum atomic E-state index is 12.5. The van der Waals surface area contributed by atoms with Crippen molar-refractivity contribution >= 4 is 34.5 Å². The highest BCUT2D eigenvalue weighted by molar-refractivity contribution is 7.10. The third kappa shape index (κ3) is 6.27. The summed E-state index contributed by atoms with van der Waals surface area (Å²) in [6.07, 6.45) is 2.19. The Hall–Kier alpha value is -2.96. The third-order valence-corrected chi connectivity index (χ3v) is 5.57. The molecule has 2 aromatic carbocycles. The molecule has 0 spiro atoms. The standard InChI is InChI=1S/C24H27N3O2S/c1-3-5-18-7-9-19(10-8-18)24(22-6-4-15-30-22)25-16-23(29)27-21-13-11-20(12-14-21)26-17(2)28/h4,6-15,24-25H,3,5,16H2,1-2H3,(H,26,28)(H,27,29)/t24-/m1/s1. The molecule has 0 aliphatic heterocycles. The molecule has 1 atom stereocenters. The summed E-state index contributed by atoms with van der Waals surface area (Å²) in [6.45, 7) is 3.82. The predicted octanol–water partition coefficient (Wildman–Crippen LogP) is 4.98. The van der Waals surface area contributed by atoms with Crippen LogP contribution in [0.15, 0.2) is 66.0 Å². The van der Waals surface area contributed by atoms with Crippen LogP contribution < -0.4 is 16.0 Å². The topological polar surface area (TPSA) is 70.2 Å². The van der Waals surface area contributed by atoms with Gasteiger partial charge < -0.3 is 10.6 Å². The molecule has 0 aliphatic rings. The molecule has 3 N–H and O–H groups in total. The van der Waals surface area contributed by atoms with E-state index in [4.69, 9.17) is 0 Å². The molecule has 0 radical (unpaired) electrons. The lowest BCUT2D eigenvalue weighted by Crippen LogP contribution is -2.31. The summed E-state index contributed by atoms with van der Waals surface area (Å²) in [5.41, 5.74) is 3.85. The van der Waals surface area contributed by atoms with E-state index in [0.717, 1.165) is 18.4 Å². The molecule has 2 amide bonds. The van der Waals surface area contributed by atoms with Gasteiger partial charge in [-0.05, 0) is 53.3 Å². The number of carbonyl (C=O) groups excluding carboxylic acids is 2. The summed E-state index contributed by atoms with van der Waals surface area (Å²) < 4.78 is 0. The average Bonchev–Trinajstić information content (AvgIpc) is 3.25. The first kappa shape index (κ1) is 21.7. The molecule has 0 fully saturated rings. The molecule has 0 bridgehead atoms. The molecule has 3 aromatic rings. The minimum Gasteiger partial charge on any atom is -0.326 e. The van der Waals surface area contributed by atoms with Crippen molar-refractivity contribution in [1.82, 2.24) is 5.32 Å². The van der Waals surface area contributed by atoms with Crippen molar-refractivity contribution < 1.29 is 9.59 Å². The Balaban J connectivity index is 1.62. The smallest absolute Gasteiger partial charge is 0.238 e. The third-order valence-electron chi connectivity index (χ3n) is 4.64. The number of hydrogen-bond acceptors (Lipinski definition) is 4. The zero-order chi connectivity index (χ0) is 21.3. The van der Waals surface area contributed by atoms with Gasteiger partial charge in [0.05, 0.1) is 12.6 Å². The van der Waals surface area contributed by atoms with Crippen LogP contribution in [0.4, 0.5) is 11.4 Å². The molecule has 1 aromatic heterocycles. The maximum absolute atomic E-state index is 12.5. The number of aryl methyl sites for hydroxylation is 1. The van der Waals surface area contributed by atoms with Crippen molar-refractivity contribution in [3.63, 3.8) is 0 Å². The van der Waals surface area contributed by atoms with E-state index in [0.29, 0.717) is 11.4 Å². The molecule has 156 valence electrons. The van der Waals surface area contributed by atoms with Gasteiger partial charge in [-0.2, -0.15) is 0 Å². The van der Waals surface area contributed by atoms with Gasteiger partial charge in [0.25, 0.3) is 0 Å². The predicted molar refractivity (Wildman–Crippen MR) is 124 cm³/mol. The van der Waals surface area contributed by atoms with Crippen molar-refractivity contribution in [1.29, 1.82) is 0 Å². The van der Waals surface area contributed by atoms with Crippen molar-refractivity contribution in [2.24, 2.45) is 0 Å². The summed E-state index contributed by atoms with van der Waals surface area (Å²) in [7, 11) is 0. The lowest BCUT2D eigenvalue weighted by molar-refractivity contribution is -0.115. The number of benzene rings is 2. The highest BCUT2D eigenvalue weighted by Crippen LogP contribution is 2.26. The van der Waals surface area contributed by atoms with Crippen molar-refractivity contribution in [2.45, 2.75) is 32.7 Å². The molecule has 3 rings (SSSR count). The number of nitrogens with one attached hydrogen (secondary N) is 3. The zero-order valence-electron chi connectivity index (χ0n) is 17.3. The van der Waals surface area contributed by atoms with Gasteiger partial charge >= 0.3 is 0 Å². The Morgan fingerprint density at radius 3 is 2.17 bits per heavy atom. The lowest BCUT2D eigenvalue weighted by Gasteiger charge is -2.18. The Morgan fingerprint density at radius 1 is 0.933 bits per heavy atom. The second-order valence-electron chi connectivity index (χ2n) is 7.13. The van der Waals surface area contributed by atoms with Gasteiger partial charge in [0.1, 0.15) is 0 Å². The molecule has 1 heterocycles. The van der Waals surface area contributed by atoms with E-state index < -0.39 is 0 Å². The average molecular weight is 422 g/mol. The number of amides is 2. The fourth-order valence-electron chi connectivity index (χ4n) is 3.24. The molecule has 5 nitrogen and oxygen atoms in total. The SMILES string of the molecule is CCCc1ccc([C@@H](NCC(=O)Nc2ccc(NC(C)=O)cc2)c2cccs2)cc1. The van der Waals surface area contributed by atoms with Crippen LogP contribution in [0.2, 0.25) is 0 Å². The molecule has 0 unspecified atom stereocenters. The van der Waals surface area contributed by atoms with Crippen LogP contribution in [0.1, 0.15) is 42.3 Å². The first-order valence-electron chi connectivity index (χ1n) is 10.1. The van der Waals surface area contributed by atoms with Crippen LogP contribution >= 0.6 is 11.3 Å². The first-order chi connectivity index (χ1) is 14.5. The largest absolute Gasteiger partial charge is 0.326 e.